The fraction of sp³-hybridized carbons (Fsp3) is 0.450. The van der Waals surface area contributed by atoms with Crippen LogP contribution in [0, 0.1) is 0 Å². The highest BCUT2D eigenvalue weighted by Gasteiger charge is 2.18. The van der Waals surface area contributed by atoms with E-state index in [9.17, 15) is 9.90 Å². The van der Waals surface area contributed by atoms with Crippen LogP contribution in [-0.4, -0.2) is 92.3 Å². The summed E-state index contributed by atoms with van der Waals surface area (Å²) in [6.45, 7) is 3.16. The maximum Gasteiger partial charge on any atom is 0.355 e. The molecule has 0 unspecified atom stereocenters. The van der Waals surface area contributed by atoms with E-state index in [-0.39, 0.29) is 5.69 Å². The van der Waals surface area contributed by atoms with Crippen molar-refractivity contribution in [2.75, 3.05) is 66.8 Å². The van der Waals surface area contributed by atoms with Crippen LogP contribution in [0.15, 0.2) is 30.5 Å². The highest BCUT2D eigenvalue weighted by molar-refractivity contribution is 5.95. The van der Waals surface area contributed by atoms with Gasteiger partial charge in [-0.15, -0.1) is 0 Å². The first kappa shape index (κ1) is 24.3. The van der Waals surface area contributed by atoms with Crippen LogP contribution in [0.2, 0.25) is 0 Å². The van der Waals surface area contributed by atoms with Gasteiger partial charge in [0.25, 0.3) is 0 Å². The minimum Gasteiger partial charge on any atom is -0.496 e. The van der Waals surface area contributed by atoms with E-state index in [2.05, 4.69) is 20.2 Å². The van der Waals surface area contributed by atoms with Crippen LogP contribution >= 0.6 is 0 Å². The van der Waals surface area contributed by atoms with E-state index in [4.69, 9.17) is 10.5 Å². The highest BCUT2D eigenvalue weighted by atomic mass is 16.5. The molecule has 0 atom stereocenters. The van der Waals surface area contributed by atoms with E-state index < -0.39 is 5.97 Å². The Hall–Kier alpha value is -2.75. The minimum absolute atomic E-state index is 0.0585. The predicted molar refractivity (Wildman–Crippen MR) is 116 cm³/mol. The first-order valence-corrected chi connectivity index (χ1v) is 9.27. The lowest BCUT2D eigenvalue weighted by atomic mass is 10.0. The molecule has 2 aromatic rings. The molecule has 0 radical (unpaired) electrons. The summed E-state index contributed by atoms with van der Waals surface area (Å²) >= 11 is 0. The monoisotopic (exact) mass is 404 g/mol. The van der Waals surface area contributed by atoms with Gasteiger partial charge in [0.05, 0.1) is 7.11 Å². The summed E-state index contributed by atoms with van der Waals surface area (Å²) in [6, 6.07) is 7.18. The van der Waals surface area contributed by atoms with Crippen molar-refractivity contribution in [3.8, 4) is 16.9 Å². The molecule has 9 heteroatoms. The lowest BCUT2D eigenvalue weighted by Gasteiger charge is -2.13. The number of aromatic nitrogens is 2. The molecule has 0 bridgehead atoms. The van der Waals surface area contributed by atoms with Crippen molar-refractivity contribution in [1.29, 1.82) is 0 Å². The second kappa shape index (κ2) is 12.7. The fourth-order valence-corrected chi connectivity index (χ4v) is 2.34. The standard InChI is InChI=1S/C16H20N4O3.C4H12N2/c1-20(2)9-8-17-16-18-10-12(14(19-16)15(21)22)11-6-4-5-7-13(11)23-3;1-6(2)4-3-5/h4-7,10H,8-9H2,1-3H3,(H,21,22)(H,17,18,19);3-5H2,1-2H3. The Kier molecular flexibility index (Phi) is 10.6. The number of benzene rings is 1. The number of methoxy groups -OCH3 is 1. The second-order valence-corrected chi connectivity index (χ2v) is 6.78. The van der Waals surface area contributed by atoms with E-state index in [1.807, 2.05) is 45.2 Å². The number of carbonyl (C=O) groups is 1. The fourth-order valence-electron chi connectivity index (χ4n) is 2.34. The SMILES string of the molecule is CN(C)CCN.COc1ccccc1-c1cnc(NCCN(C)C)nc1C(=O)O. The van der Waals surface area contributed by atoms with E-state index in [0.29, 0.717) is 29.4 Å². The number of carboxylic acid groups (broad SMARTS) is 1. The number of hydrogen-bond acceptors (Lipinski definition) is 8. The van der Waals surface area contributed by atoms with E-state index in [1.165, 1.54) is 13.3 Å². The average molecular weight is 405 g/mol. The Morgan fingerprint density at radius 2 is 1.79 bits per heavy atom. The topological polar surface area (TPSA) is 117 Å². The third-order valence-electron chi connectivity index (χ3n) is 3.81. The molecule has 0 saturated carbocycles. The predicted octanol–water partition coefficient (Wildman–Crippen LogP) is 1.33. The van der Waals surface area contributed by atoms with Gasteiger partial charge in [-0.2, -0.15) is 0 Å². The van der Waals surface area contributed by atoms with Crippen molar-refractivity contribution in [3.05, 3.63) is 36.2 Å². The second-order valence-electron chi connectivity index (χ2n) is 6.78. The molecule has 160 valence electrons. The van der Waals surface area contributed by atoms with E-state index in [0.717, 1.165) is 19.6 Å². The van der Waals surface area contributed by atoms with Crippen molar-refractivity contribution < 1.29 is 14.6 Å². The molecule has 0 aliphatic heterocycles. The van der Waals surface area contributed by atoms with Gasteiger partial charge in [0, 0.05) is 43.5 Å². The normalized spacial score (nSPS) is 10.5. The van der Waals surface area contributed by atoms with Crippen LogP contribution in [0.25, 0.3) is 11.1 Å². The largest absolute Gasteiger partial charge is 0.496 e. The van der Waals surface area contributed by atoms with Crippen LogP contribution in [-0.2, 0) is 0 Å². The van der Waals surface area contributed by atoms with Gasteiger partial charge in [0.2, 0.25) is 5.95 Å². The summed E-state index contributed by atoms with van der Waals surface area (Å²) < 4.78 is 5.29. The van der Waals surface area contributed by atoms with Gasteiger partial charge in [-0.1, -0.05) is 18.2 Å². The lowest BCUT2D eigenvalue weighted by Crippen LogP contribution is -2.22. The van der Waals surface area contributed by atoms with Crippen molar-refractivity contribution >= 4 is 11.9 Å². The zero-order valence-electron chi connectivity index (χ0n) is 17.8. The number of hydrogen-bond donors (Lipinski definition) is 3. The molecule has 29 heavy (non-hydrogen) atoms. The van der Waals surface area contributed by atoms with Crippen LogP contribution in [0.1, 0.15) is 10.5 Å². The molecule has 0 aliphatic carbocycles. The van der Waals surface area contributed by atoms with Crippen LogP contribution in [0.3, 0.4) is 0 Å². The summed E-state index contributed by atoms with van der Waals surface area (Å²) in [4.78, 5) is 24.0. The first-order chi connectivity index (χ1) is 13.8. The summed E-state index contributed by atoms with van der Waals surface area (Å²) in [6.07, 6.45) is 1.51. The van der Waals surface area contributed by atoms with Crippen molar-refractivity contribution in [3.63, 3.8) is 0 Å². The summed E-state index contributed by atoms with van der Waals surface area (Å²) in [5.74, 6) is -0.237. The number of carboxylic acids is 1. The first-order valence-electron chi connectivity index (χ1n) is 9.27. The molecule has 1 aromatic heterocycles. The minimum atomic E-state index is -1.11. The number of anilines is 1. The number of ether oxygens (including phenoxy) is 1. The molecule has 1 heterocycles. The summed E-state index contributed by atoms with van der Waals surface area (Å²) in [7, 11) is 9.46. The van der Waals surface area contributed by atoms with E-state index in [1.54, 1.807) is 12.1 Å². The van der Waals surface area contributed by atoms with Crippen LogP contribution in [0.5, 0.6) is 5.75 Å². The van der Waals surface area contributed by atoms with Crippen molar-refractivity contribution in [2.45, 2.75) is 0 Å². The Labute approximate surface area is 172 Å². The average Bonchev–Trinajstić information content (AvgIpc) is 2.68. The molecular formula is C20H32N6O3. The van der Waals surface area contributed by atoms with Gasteiger partial charge in [0.15, 0.2) is 5.69 Å². The van der Waals surface area contributed by atoms with Gasteiger partial charge >= 0.3 is 5.97 Å². The number of para-hydroxylation sites is 1. The van der Waals surface area contributed by atoms with Gasteiger partial charge in [-0.25, -0.2) is 14.8 Å². The molecule has 0 aliphatic rings. The van der Waals surface area contributed by atoms with Gasteiger partial charge in [0.1, 0.15) is 5.75 Å². The molecule has 2 rings (SSSR count). The molecule has 0 saturated heterocycles. The number of nitrogens with zero attached hydrogens (tertiary/aromatic N) is 4. The zero-order chi connectivity index (χ0) is 21.8. The maximum atomic E-state index is 11.6. The third kappa shape index (κ3) is 8.43. The molecule has 4 N–H and O–H groups in total. The summed E-state index contributed by atoms with van der Waals surface area (Å²) in [5.41, 5.74) is 6.20. The highest BCUT2D eigenvalue weighted by Crippen LogP contribution is 2.31. The molecular weight excluding hydrogens is 372 g/mol. The van der Waals surface area contributed by atoms with Crippen molar-refractivity contribution in [2.24, 2.45) is 5.73 Å². The Morgan fingerprint density at radius 3 is 2.31 bits per heavy atom. The Balaban J connectivity index is 0.000000612. The van der Waals surface area contributed by atoms with Gasteiger partial charge < -0.3 is 30.7 Å². The number of nitrogens with one attached hydrogen (secondary N) is 1. The van der Waals surface area contributed by atoms with E-state index >= 15 is 0 Å². The maximum absolute atomic E-state index is 11.6. The van der Waals surface area contributed by atoms with Crippen molar-refractivity contribution in [1.82, 2.24) is 19.8 Å². The number of aromatic carboxylic acids is 1. The quantitative estimate of drug-likeness (QED) is 0.569. The Bertz CT molecular complexity index is 768. The molecule has 0 amide bonds. The van der Waals surface area contributed by atoms with Crippen LogP contribution < -0.4 is 15.8 Å². The lowest BCUT2D eigenvalue weighted by molar-refractivity contribution is 0.0691. The Morgan fingerprint density at radius 1 is 1.14 bits per heavy atom. The van der Waals surface area contributed by atoms with Gasteiger partial charge in [-0.3, -0.25) is 0 Å². The number of nitrogens with two attached hydrogens (primary N) is 1. The molecule has 0 spiro atoms. The molecule has 9 nitrogen and oxygen atoms in total. The molecule has 1 aromatic carbocycles. The third-order valence-corrected chi connectivity index (χ3v) is 3.81. The molecule has 0 fully saturated rings. The number of likely N-dealkylation sites (N-methyl/N-ethyl adjacent to an activating group) is 2. The smallest absolute Gasteiger partial charge is 0.355 e. The zero-order valence-corrected chi connectivity index (χ0v) is 17.8. The number of rotatable bonds is 9. The van der Waals surface area contributed by atoms with Crippen LogP contribution in [0.4, 0.5) is 5.95 Å². The van der Waals surface area contributed by atoms with Gasteiger partial charge in [-0.05, 0) is 34.3 Å². The summed E-state index contributed by atoms with van der Waals surface area (Å²) in [5, 5.41) is 12.5.